The molecule has 28 heavy (non-hydrogen) atoms. The van der Waals surface area contributed by atoms with Gasteiger partial charge in [-0.1, -0.05) is 40.9 Å². The average molecular weight is 445 g/mol. The maximum Gasteiger partial charge on any atom is 0.321 e. The molecule has 0 radical (unpaired) electrons. The summed E-state index contributed by atoms with van der Waals surface area (Å²) in [6.45, 7) is 2.65. The normalized spacial score (nSPS) is 12.3. The highest BCUT2D eigenvalue weighted by molar-refractivity contribution is 7.89. The Bertz CT molecular complexity index is 978. The molecule has 1 amide bonds. The van der Waals surface area contributed by atoms with Gasteiger partial charge in [0.2, 0.25) is 10.0 Å². The number of amides is 1. The van der Waals surface area contributed by atoms with Crippen LogP contribution in [-0.4, -0.2) is 32.9 Å². The number of ether oxygens (including phenoxy) is 1. The van der Waals surface area contributed by atoms with Crippen molar-refractivity contribution in [1.82, 2.24) is 4.72 Å². The third-order valence-electron chi connectivity index (χ3n) is 3.60. The molecule has 0 aliphatic carbocycles. The summed E-state index contributed by atoms with van der Waals surface area (Å²) in [5, 5.41) is 2.87. The Morgan fingerprint density at radius 2 is 1.71 bits per heavy atom. The number of rotatable bonds is 7. The number of anilines is 1. The van der Waals surface area contributed by atoms with Crippen LogP contribution in [0.4, 0.5) is 5.69 Å². The third-order valence-corrected chi connectivity index (χ3v) is 5.74. The maximum absolute atomic E-state index is 12.2. The van der Waals surface area contributed by atoms with Crippen molar-refractivity contribution >= 4 is 50.8 Å². The van der Waals surface area contributed by atoms with E-state index in [2.05, 4.69) is 10.0 Å². The zero-order valence-corrected chi connectivity index (χ0v) is 17.4. The molecule has 1 unspecified atom stereocenters. The summed E-state index contributed by atoms with van der Waals surface area (Å²) in [6.07, 6.45) is -1.11. The summed E-state index contributed by atoms with van der Waals surface area (Å²) in [5.41, 5.74) is 1.59. The van der Waals surface area contributed by atoms with Crippen LogP contribution < -0.4 is 10.0 Å². The fourth-order valence-corrected chi connectivity index (χ4v) is 3.41. The zero-order valence-electron chi connectivity index (χ0n) is 15.0. The molecule has 0 spiro atoms. The van der Waals surface area contributed by atoms with Crippen molar-refractivity contribution in [2.45, 2.75) is 24.8 Å². The van der Waals surface area contributed by atoms with Crippen LogP contribution >= 0.6 is 23.2 Å². The summed E-state index contributed by atoms with van der Waals surface area (Å²) in [5.74, 6) is -1.44. The number of benzene rings is 2. The van der Waals surface area contributed by atoms with E-state index in [1.165, 1.54) is 19.1 Å². The lowest BCUT2D eigenvalue weighted by molar-refractivity contribution is -0.151. The number of halogens is 2. The second kappa shape index (κ2) is 9.38. The van der Waals surface area contributed by atoms with Crippen molar-refractivity contribution in [3.63, 3.8) is 0 Å². The monoisotopic (exact) mass is 444 g/mol. The molecule has 0 aliphatic rings. The molecule has 0 fully saturated rings. The van der Waals surface area contributed by atoms with Gasteiger partial charge in [-0.05, 0) is 44.2 Å². The van der Waals surface area contributed by atoms with Crippen molar-refractivity contribution < 1.29 is 22.7 Å². The molecule has 2 rings (SSSR count). The van der Waals surface area contributed by atoms with Gasteiger partial charge in [-0.3, -0.25) is 9.59 Å². The van der Waals surface area contributed by atoms with Gasteiger partial charge < -0.3 is 10.1 Å². The van der Waals surface area contributed by atoms with Crippen LogP contribution in [0, 0.1) is 6.92 Å². The Morgan fingerprint density at radius 1 is 1.07 bits per heavy atom. The first-order valence-corrected chi connectivity index (χ1v) is 10.3. The summed E-state index contributed by atoms with van der Waals surface area (Å²) in [4.78, 5) is 23.8. The zero-order chi connectivity index (χ0) is 20.9. The van der Waals surface area contributed by atoms with E-state index in [-0.39, 0.29) is 14.9 Å². The highest BCUT2D eigenvalue weighted by atomic mass is 35.5. The van der Waals surface area contributed by atoms with Gasteiger partial charge in [-0.25, -0.2) is 8.42 Å². The Balaban J connectivity index is 1.89. The molecule has 10 heteroatoms. The number of carbonyl (C=O) groups is 2. The van der Waals surface area contributed by atoms with Gasteiger partial charge >= 0.3 is 5.97 Å². The van der Waals surface area contributed by atoms with E-state index in [1.54, 1.807) is 12.1 Å². The number of hydrogen-bond acceptors (Lipinski definition) is 5. The topological polar surface area (TPSA) is 102 Å². The summed E-state index contributed by atoms with van der Waals surface area (Å²) >= 11 is 11.6. The molecule has 0 bridgehead atoms. The maximum atomic E-state index is 12.2. The first-order chi connectivity index (χ1) is 13.1. The second-order valence-corrected chi connectivity index (χ2v) is 8.47. The van der Waals surface area contributed by atoms with E-state index in [0.717, 1.165) is 11.6 Å². The third kappa shape index (κ3) is 6.20. The van der Waals surface area contributed by atoms with E-state index in [0.29, 0.717) is 5.69 Å². The minimum atomic E-state index is -4.00. The van der Waals surface area contributed by atoms with Gasteiger partial charge in [0.1, 0.15) is 6.54 Å². The number of carbonyl (C=O) groups excluding carboxylic acids is 2. The fraction of sp³-hybridized carbons (Fsp3) is 0.222. The van der Waals surface area contributed by atoms with E-state index < -0.39 is 34.5 Å². The largest absolute Gasteiger partial charge is 0.452 e. The van der Waals surface area contributed by atoms with E-state index in [9.17, 15) is 18.0 Å². The molecule has 0 aliphatic heterocycles. The van der Waals surface area contributed by atoms with Crippen molar-refractivity contribution in [3.8, 4) is 0 Å². The Labute approximate surface area is 173 Å². The number of sulfonamides is 1. The Kier molecular flexibility index (Phi) is 7.42. The van der Waals surface area contributed by atoms with E-state index in [1.807, 2.05) is 19.1 Å². The summed E-state index contributed by atoms with van der Waals surface area (Å²) < 4.78 is 31.4. The molecule has 0 heterocycles. The van der Waals surface area contributed by atoms with Crippen LogP contribution in [0.25, 0.3) is 0 Å². The lowest BCUT2D eigenvalue weighted by Gasteiger charge is -2.14. The molecule has 2 N–H and O–H groups in total. The first kappa shape index (κ1) is 22.2. The van der Waals surface area contributed by atoms with Gasteiger partial charge in [0.15, 0.2) is 6.10 Å². The van der Waals surface area contributed by atoms with Crippen molar-refractivity contribution in [2.24, 2.45) is 0 Å². The number of hydrogen-bond donors (Lipinski definition) is 2. The molecule has 2 aromatic rings. The number of nitrogens with one attached hydrogen (secondary N) is 2. The van der Waals surface area contributed by atoms with Crippen LogP contribution in [0.1, 0.15) is 12.5 Å². The summed E-state index contributed by atoms with van der Waals surface area (Å²) in [7, 11) is -4.00. The molecule has 0 saturated heterocycles. The van der Waals surface area contributed by atoms with Crippen LogP contribution in [0.3, 0.4) is 0 Å². The second-order valence-electron chi connectivity index (χ2n) is 5.89. The SMILES string of the molecule is Cc1ccc(NC(=O)C(C)OC(=O)CNS(=O)(=O)c2ccc(Cl)c(Cl)c2)cc1. The predicted octanol–water partition coefficient (Wildman–Crippen LogP) is 3.15. The van der Waals surface area contributed by atoms with Crippen LogP contribution in [0.2, 0.25) is 10.0 Å². The van der Waals surface area contributed by atoms with Gasteiger partial charge in [0.05, 0.1) is 14.9 Å². The van der Waals surface area contributed by atoms with Gasteiger partial charge in [0, 0.05) is 5.69 Å². The van der Waals surface area contributed by atoms with Crippen LogP contribution in [0.5, 0.6) is 0 Å². The molecule has 150 valence electrons. The molecular weight excluding hydrogens is 427 g/mol. The lowest BCUT2D eigenvalue weighted by Crippen LogP contribution is -2.35. The average Bonchev–Trinajstić information content (AvgIpc) is 2.64. The highest BCUT2D eigenvalue weighted by Gasteiger charge is 2.21. The van der Waals surface area contributed by atoms with Crippen molar-refractivity contribution in [1.29, 1.82) is 0 Å². The minimum Gasteiger partial charge on any atom is -0.452 e. The first-order valence-electron chi connectivity index (χ1n) is 8.10. The predicted molar refractivity (Wildman–Crippen MR) is 107 cm³/mol. The number of aryl methyl sites for hydroxylation is 1. The molecule has 0 saturated carbocycles. The standard InChI is InChI=1S/C18H18Cl2N2O5S/c1-11-3-5-13(6-4-11)22-18(24)12(2)27-17(23)10-21-28(25,26)14-7-8-15(19)16(20)9-14/h3-9,12,21H,10H2,1-2H3,(H,22,24). The minimum absolute atomic E-state index is 0.0634. The molecule has 0 aromatic heterocycles. The Hall–Kier alpha value is -2.13. The van der Waals surface area contributed by atoms with E-state index in [4.69, 9.17) is 27.9 Å². The van der Waals surface area contributed by atoms with Crippen LogP contribution in [-0.2, 0) is 24.3 Å². The van der Waals surface area contributed by atoms with E-state index >= 15 is 0 Å². The smallest absolute Gasteiger partial charge is 0.321 e. The fourth-order valence-electron chi connectivity index (χ4n) is 2.05. The van der Waals surface area contributed by atoms with Crippen LogP contribution in [0.15, 0.2) is 47.4 Å². The number of esters is 1. The van der Waals surface area contributed by atoms with Crippen molar-refractivity contribution in [3.05, 3.63) is 58.1 Å². The highest BCUT2D eigenvalue weighted by Crippen LogP contribution is 2.24. The van der Waals surface area contributed by atoms with Crippen molar-refractivity contribution in [2.75, 3.05) is 11.9 Å². The Morgan fingerprint density at radius 3 is 2.32 bits per heavy atom. The quantitative estimate of drug-likeness (QED) is 0.638. The van der Waals surface area contributed by atoms with Gasteiger partial charge in [-0.2, -0.15) is 4.72 Å². The van der Waals surface area contributed by atoms with Gasteiger partial charge in [-0.15, -0.1) is 0 Å². The van der Waals surface area contributed by atoms with Gasteiger partial charge in [0.25, 0.3) is 5.91 Å². The summed E-state index contributed by atoms with van der Waals surface area (Å²) in [6, 6.07) is 10.8. The lowest BCUT2D eigenvalue weighted by atomic mass is 10.2. The molecule has 1 atom stereocenters. The molecular formula is C18H18Cl2N2O5S. The molecule has 2 aromatic carbocycles. The molecule has 7 nitrogen and oxygen atoms in total.